The molecule has 0 heterocycles. The van der Waals surface area contributed by atoms with E-state index < -0.39 is 10.0 Å². The van der Waals surface area contributed by atoms with Crippen LogP contribution in [-0.4, -0.2) is 45.1 Å². The highest BCUT2D eigenvalue weighted by Crippen LogP contribution is 2.27. The summed E-state index contributed by atoms with van der Waals surface area (Å²) in [5.41, 5.74) is 6.46. The van der Waals surface area contributed by atoms with E-state index in [1.165, 1.54) is 20.2 Å². The molecule has 0 radical (unpaired) electrons. The number of aliphatic hydroxyl groups excluding tert-OH is 1. The highest BCUT2D eigenvalue weighted by atomic mass is 32.2. The van der Waals surface area contributed by atoms with E-state index >= 15 is 0 Å². The standard InChI is InChI=1S/C10H17N3O3S/c1-13(2)17(15,16)9-5-3-4-8(10(9)11)12-6-7-14/h3-5,12,14H,6-7,11H2,1-2H3. The first-order valence-electron chi connectivity index (χ1n) is 5.07. The van der Waals surface area contributed by atoms with E-state index in [0.717, 1.165) is 4.31 Å². The molecular formula is C10H17N3O3S. The van der Waals surface area contributed by atoms with Crippen LogP contribution in [0.25, 0.3) is 0 Å². The van der Waals surface area contributed by atoms with E-state index in [4.69, 9.17) is 10.8 Å². The smallest absolute Gasteiger partial charge is 0.244 e. The zero-order valence-corrected chi connectivity index (χ0v) is 10.7. The van der Waals surface area contributed by atoms with Gasteiger partial charge >= 0.3 is 0 Å². The fraction of sp³-hybridized carbons (Fsp3) is 0.400. The summed E-state index contributed by atoms with van der Waals surface area (Å²) < 4.78 is 25.0. The molecule has 1 aromatic carbocycles. The van der Waals surface area contributed by atoms with Crippen molar-refractivity contribution in [3.63, 3.8) is 0 Å². The van der Waals surface area contributed by atoms with Crippen LogP contribution in [0.4, 0.5) is 11.4 Å². The van der Waals surface area contributed by atoms with Gasteiger partial charge in [0.25, 0.3) is 0 Å². The molecule has 1 rings (SSSR count). The number of sulfonamides is 1. The molecule has 0 amide bonds. The third-order valence-corrected chi connectivity index (χ3v) is 4.13. The van der Waals surface area contributed by atoms with Gasteiger partial charge in [-0.15, -0.1) is 0 Å². The largest absolute Gasteiger partial charge is 0.396 e. The first-order valence-corrected chi connectivity index (χ1v) is 6.51. The molecule has 0 saturated heterocycles. The Morgan fingerprint density at radius 2 is 2.06 bits per heavy atom. The van der Waals surface area contributed by atoms with Gasteiger partial charge in [-0.2, -0.15) is 0 Å². The Labute approximate surface area is 101 Å². The molecule has 0 aliphatic rings. The molecule has 0 aliphatic heterocycles. The maximum absolute atomic E-state index is 11.9. The second kappa shape index (κ2) is 5.35. The lowest BCUT2D eigenvalue weighted by molar-refractivity contribution is 0.311. The van der Waals surface area contributed by atoms with E-state index in [2.05, 4.69) is 5.32 Å². The Kier molecular flexibility index (Phi) is 4.33. The molecular weight excluding hydrogens is 242 g/mol. The number of rotatable bonds is 5. The molecule has 0 aromatic heterocycles. The number of nitrogens with one attached hydrogen (secondary N) is 1. The summed E-state index contributed by atoms with van der Waals surface area (Å²) in [5, 5.41) is 11.6. The van der Waals surface area contributed by atoms with Crippen molar-refractivity contribution in [1.82, 2.24) is 4.31 Å². The molecule has 0 spiro atoms. The zero-order chi connectivity index (χ0) is 13.1. The lowest BCUT2D eigenvalue weighted by Gasteiger charge is -2.16. The molecule has 6 nitrogen and oxygen atoms in total. The van der Waals surface area contributed by atoms with E-state index in [0.29, 0.717) is 12.2 Å². The summed E-state index contributed by atoms with van der Waals surface area (Å²) in [5.74, 6) is 0. The number of nitrogen functional groups attached to an aromatic ring is 1. The Morgan fingerprint density at radius 3 is 2.59 bits per heavy atom. The minimum absolute atomic E-state index is 0.0515. The number of hydrogen-bond acceptors (Lipinski definition) is 5. The van der Waals surface area contributed by atoms with Gasteiger partial charge in [0.05, 0.1) is 18.0 Å². The number of nitrogens with zero attached hydrogens (tertiary/aromatic N) is 1. The molecule has 0 fully saturated rings. The van der Waals surface area contributed by atoms with Gasteiger partial charge in [-0.05, 0) is 12.1 Å². The minimum atomic E-state index is -3.55. The molecule has 1 aromatic rings. The maximum atomic E-state index is 11.9. The van der Waals surface area contributed by atoms with Crippen molar-refractivity contribution >= 4 is 21.4 Å². The van der Waals surface area contributed by atoms with E-state index in [9.17, 15) is 8.42 Å². The van der Waals surface area contributed by atoms with Crippen molar-refractivity contribution in [2.45, 2.75) is 4.90 Å². The molecule has 7 heteroatoms. The fourth-order valence-electron chi connectivity index (χ4n) is 1.31. The lowest BCUT2D eigenvalue weighted by Crippen LogP contribution is -2.23. The highest BCUT2D eigenvalue weighted by Gasteiger charge is 2.21. The van der Waals surface area contributed by atoms with Gasteiger partial charge in [-0.25, -0.2) is 12.7 Å². The highest BCUT2D eigenvalue weighted by molar-refractivity contribution is 7.89. The molecule has 4 N–H and O–H groups in total. The van der Waals surface area contributed by atoms with Crippen molar-refractivity contribution in [1.29, 1.82) is 0 Å². The van der Waals surface area contributed by atoms with Gasteiger partial charge in [-0.3, -0.25) is 0 Å². The predicted octanol–water partition coefficient (Wildman–Crippen LogP) is -0.0767. The van der Waals surface area contributed by atoms with Crippen LogP contribution in [0.5, 0.6) is 0 Å². The average Bonchev–Trinajstić information content (AvgIpc) is 2.27. The topological polar surface area (TPSA) is 95.7 Å². The summed E-state index contributed by atoms with van der Waals surface area (Å²) in [6, 6.07) is 4.72. The summed E-state index contributed by atoms with van der Waals surface area (Å²) in [4.78, 5) is 0.0606. The summed E-state index contributed by atoms with van der Waals surface area (Å²) in [6.07, 6.45) is 0. The number of aliphatic hydroxyl groups is 1. The molecule has 0 bridgehead atoms. The van der Waals surface area contributed by atoms with Gasteiger partial charge < -0.3 is 16.2 Å². The zero-order valence-electron chi connectivity index (χ0n) is 9.84. The quantitative estimate of drug-likeness (QED) is 0.643. The third-order valence-electron chi connectivity index (χ3n) is 2.25. The van der Waals surface area contributed by atoms with Crippen LogP contribution >= 0.6 is 0 Å². The maximum Gasteiger partial charge on any atom is 0.244 e. The molecule has 0 unspecified atom stereocenters. The summed E-state index contributed by atoms with van der Waals surface area (Å²) in [6.45, 7) is 0.264. The van der Waals surface area contributed by atoms with Crippen LogP contribution in [0, 0.1) is 0 Å². The van der Waals surface area contributed by atoms with Crippen molar-refractivity contribution in [3.05, 3.63) is 18.2 Å². The van der Waals surface area contributed by atoms with Gasteiger partial charge in [0.1, 0.15) is 4.90 Å². The van der Waals surface area contributed by atoms with Crippen LogP contribution in [-0.2, 0) is 10.0 Å². The first-order chi connectivity index (χ1) is 7.91. The van der Waals surface area contributed by atoms with Crippen LogP contribution < -0.4 is 11.1 Å². The third kappa shape index (κ3) is 2.87. The van der Waals surface area contributed by atoms with Gasteiger partial charge in [0, 0.05) is 20.6 Å². The van der Waals surface area contributed by atoms with Gasteiger partial charge in [-0.1, -0.05) is 6.07 Å². The monoisotopic (exact) mass is 259 g/mol. The second-order valence-corrected chi connectivity index (χ2v) is 5.78. The van der Waals surface area contributed by atoms with Crippen molar-refractivity contribution in [3.8, 4) is 0 Å². The Hall–Kier alpha value is -1.31. The predicted molar refractivity (Wildman–Crippen MR) is 67.3 cm³/mol. The molecule has 96 valence electrons. The molecule has 0 atom stereocenters. The Balaban J connectivity index is 3.19. The minimum Gasteiger partial charge on any atom is -0.396 e. The number of benzene rings is 1. The number of nitrogens with two attached hydrogens (primary N) is 1. The molecule has 0 saturated carbocycles. The molecule has 0 aliphatic carbocycles. The fourth-order valence-corrected chi connectivity index (χ4v) is 2.34. The lowest BCUT2D eigenvalue weighted by atomic mass is 10.2. The van der Waals surface area contributed by atoms with Crippen molar-refractivity contribution in [2.24, 2.45) is 0 Å². The van der Waals surface area contributed by atoms with Crippen molar-refractivity contribution in [2.75, 3.05) is 38.3 Å². The Bertz CT molecular complexity index is 486. The number of hydrogen-bond donors (Lipinski definition) is 3. The van der Waals surface area contributed by atoms with Crippen molar-refractivity contribution < 1.29 is 13.5 Å². The average molecular weight is 259 g/mol. The molecule has 17 heavy (non-hydrogen) atoms. The van der Waals surface area contributed by atoms with E-state index in [-0.39, 0.29) is 17.2 Å². The van der Waals surface area contributed by atoms with Crippen LogP contribution in [0.2, 0.25) is 0 Å². The van der Waals surface area contributed by atoms with Crippen LogP contribution in [0.1, 0.15) is 0 Å². The Morgan fingerprint density at radius 1 is 1.41 bits per heavy atom. The summed E-state index contributed by atoms with van der Waals surface area (Å²) in [7, 11) is -0.655. The van der Waals surface area contributed by atoms with Crippen LogP contribution in [0.3, 0.4) is 0 Å². The second-order valence-electron chi connectivity index (χ2n) is 3.66. The van der Waals surface area contributed by atoms with E-state index in [1.807, 2.05) is 0 Å². The number of anilines is 2. The van der Waals surface area contributed by atoms with Gasteiger partial charge in [0.15, 0.2) is 0 Å². The normalized spacial score (nSPS) is 11.8. The van der Waals surface area contributed by atoms with Crippen LogP contribution in [0.15, 0.2) is 23.1 Å². The first kappa shape index (κ1) is 13.8. The SMILES string of the molecule is CN(C)S(=O)(=O)c1cccc(NCCO)c1N. The number of para-hydroxylation sites is 1. The summed E-state index contributed by atoms with van der Waals surface area (Å²) >= 11 is 0. The van der Waals surface area contributed by atoms with E-state index in [1.54, 1.807) is 12.1 Å². The van der Waals surface area contributed by atoms with Gasteiger partial charge in [0.2, 0.25) is 10.0 Å².